The Hall–Kier alpha value is -0.950. The number of epoxide rings is 1. The predicted molar refractivity (Wildman–Crippen MR) is 88.0 cm³/mol. The van der Waals surface area contributed by atoms with E-state index < -0.39 is 13.1 Å². The minimum Gasteiger partial charge on any atom is -0.371 e. The molecule has 0 aliphatic carbocycles. The zero-order chi connectivity index (χ0) is 18.0. The summed E-state index contributed by atoms with van der Waals surface area (Å²) in [7, 11) is -3.30. The van der Waals surface area contributed by atoms with Gasteiger partial charge < -0.3 is 18.7 Å². The zero-order valence-electron chi connectivity index (χ0n) is 14.8. The number of imide groups is 1. The molecule has 0 saturated carbocycles. The van der Waals surface area contributed by atoms with Crippen molar-refractivity contribution in [2.45, 2.75) is 45.8 Å². The maximum absolute atomic E-state index is 12.8. The minimum atomic E-state index is -3.30. The van der Waals surface area contributed by atoms with Crippen molar-refractivity contribution in [3.63, 3.8) is 0 Å². The van der Waals surface area contributed by atoms with Crippen LogP contribution >= 0.6 is 7.60 Å². The Morgan fingerprint density at radius 3 is 2.29 bits per heavy atom. The molecule has 0 spiro atoms. The fraction of sp³-hybridized carbons (Fsp3) is 0.867. The highest BCUT2D eigenvalue weighted by Gasteiger charge is 2.54. The van der Waals surface area contributed by atoms with Gasteiger partial charge in [0, 0.05) is 6.54 Å². The molecule has 24 heavy (non-hydrogen) atoms. The molecule has 0 bridgehead atoms. The average Bonchev–Trinajstić information content (AvgIpc) is 3.33. The molecule has 2 unspecified atom stereocenters. The molecule has 3 amide bonds. The van der Waals surface area contributed by atoms with Crippen LogP contribution in [0.2, 0.25) is 0 Å². The Bertz CT molecular complexity index is 528. The van der Waals surface area contributed by atoms with Gasteiger partial charge in [0.05, 0.1) is 38.6 Å². The molecule has 2 heterocycles. The largest absolute Gasteiger partial charge is 0.371 e. The number of amides is 3. The van der Waals surface area contributed by atoms with Crippen LogP contribution in [0, 0.1) is 0 Å². The molecule has 9 heteroatoms. The maximum Gasteiger partial charge on any atom is 0.332 e. The van der Waals surface area contributed by atoms with Crippen LogP contribution in [0.5, 0.6) is 0 Å². The second kappa shape index (κ2) is 7.52. The van der Waals surface area contributed by atoms with Gasteiger partial charge in [0.2, 0.25) is 0 Å². The molecule has 2 fully saturated rings. The third-order valence-corrected chi connectivity index (χ3v) is 6.54. The van der Waals surface area contributed by atoms with Crippen LogP contribution in [0.4, 0.5) is 4.79 Å². The Morgan fingerprint density at radius 1 is 1.25 bits per heavy atom. The highest BCUT2D eigenvalue weighted by atomic mass is 31.2. The second-order valence-corrected chi connectivity index (χ2v) is 8.29. The zero-order valence-corrected chi connectivity index (χ0v) is 15.7. The van der Waals surface area contributed by atoms with Crippen LogP contribution in [0.25, 0.3) is 0 Å². The van der Waals surface area contributed by atoms with Crippen molar-refractivity contribution >= 4 is 19.5 Å². The first kappa shape index (κ1) is 19.4. The van der Waals surface area contributed by atoms with Crippen LogP contribution in [-0.2, 0) is 23.1 Å². The van der Waals surface area contributed by atoms with Crippen LogP contribution in [0.1, 0.15) is 34.1 Å². The van der Waals surface area contributed by atoms with E-state index in [-0.39, 0.29) is 44.0 Å². The number of carbonyl (C=O) groups is 2. The molecule has 2 saturated heterocycles. The van der Waals surface area contributed by atoms with E-state index in [1.807, 2.05) is 6.92 Å². The standard InChI is InChI=1S/C15H27N2O6P/c1-5-15(4)13(18)16(14(19)17(15)10-12-11-21-12)8-9-24(20,22-6-2)23-7-3/h12H,5-11H2,1-4H3. The van der Waals surface area contributed by atoms with E-state index >= 15 is 0 Å². The summed E-state index contributed by atoms with van der Waals surface area (Å²) in [4.78, 5) is 28.2. The third kappa shape index (κ3) is 3.82. The van der Waals surface area contributed by atoms with E-state index in [1.54, 1.807) is 25.7 Å². The number of nitrogens with zero attached hydrogens (tertiary/aromatic N) is 2. The van der Waals surface area contributed by atoms with Gasteiger partial charge in [-0.1, -0.05) is 6.92 Å². The fourth-order valence-electron chi connectivity index (χ4n) is 2.83. The van der Waals surface area contributed by atoms with Gasteiger partial charge in [-0.3, -0.25) is 14.3 Å². The monoisotopic (exact) mass is 362 g/mol. The summed E-state index contributed by atoms with van der Waals surface area (Å²) in [6.45, 7) is 8.62. The molecule has 8 nitrogen and oxygen atoms in total. The molecule has 2 rings (SSSR count). The normalized spacial score (nSPS) is 27.2. The number of hydrogen-bond donors (Lipinski definition) is 0. The van der Waals surface area contributed by atoms with Gasteiger partial charge in [0.25, 0.3) is 5.91 Å². The summed E-state index contributed by atoms with van der Waals surface area (Å²) in [5.41, 5.74) is -0.885. The molecule has 2 aliphatic rings. The number of carbonyl (C=O) groups excluding carboxylic acids is 2. The Labute approximate surface area is 142 Å². The molecule has 2 atom stereocenters. The van der Waals surface area contributed by atoms with Gasteiger partial charge in [0.15, 0.2) is 0 Å². The Kier molecular flexibility index (Phi) is 6.07. The second-order valence-electron chi connectivity index (χ2n) is 6.10. The molecule has 0 aromatic carbocycles. The smallest absolute Gasteiger partial charge is 0.332 e. The first-order chi connectivity index (χ1) is 11.3. The molecule has 0 N–H and O–H groups in total. The molecule has 2 aliphatic heterocycles. The minimum absolute atomic E-state index is 0.000275. The summed E-state index contributed by atoms with van der Waals surface area (Å²) in [6.07, 6.45) is 0.514. The predicted octanol–water partition coefficient (Wildman–Crippen LogP) is 2.08. The molecule has 138 valence electrons. The fourth-order valence-corrected chi connectivity index (χ4v) is 4.39. The highest BCUT2D eigenvalue weighted by molar-refractivity contribution is 7.53. The van der Waals surface area contributed by atoms with Gasteiger partial charge in [-0.2, -0.15) is 0 Å². The lowest BCUT2D eigenvalue weighted by molar-refractivity contribution is -0.132. The summed E-state index contributed by atoms with van der Waals surface area (Å²) in [5.74, 6) is -0.268. The van der Waals surface area contributed by atoms with Gasteiger partial charge in [-0.15, -0.1) is 0 Å². The molecule has 0 aromatic rings. The van der Waals surface area contributed by atoms with Crippen molar-refractivity contribution in [3.05, 3.63) is 0 Å². The summed E-state index contributed by atoms with van der Waals surface area (Å²) in [5, 5.41) is 0. The summed E-state index contributed by atoms with van der Waals surface area (Å²) >= 11 is 0. The maximum atomic E-state index is 12.8. The lowest BCUT2D eigenvalue weighted by atomic mass is 9.97. The van der Waals surface area contributed by atoms with Crippen molar-refractivity contribution in [2.24, 2.45) is 0 Å². The Morgan fingerprint density at radius 2 is 1.83 bits per heavy atom. The van der Waals surface area contributed by atoms with Gasteiger partial charge in [-0.25, -0.2) is 4.79 Å². The molecule has 0 radical (unpaired) electrons. The van der Waals surface area contributed by atoms with E-state index in [0.29, 0.717) is 19.6 Å². The number of hydrogen-bond acceptors (Lipinski definition) is 6. The first-order valence-electron chi connectivity index (χ1n) is 8.44. The van der Waals surface area contributed by atoms with E-state index in [4.69, 9.17) is 13.8 Å². The van der Waals surface area contributed by atoms with Crippen molar-refractivity contribution < 1.29 is 27.9 Å². The van der Waals surface area contributed by atoms with E-state index in [2.05, 4.69) is 0 Å². The summed E-state index contributed by atoms with van der Waals surface area (Å²) < 4.78 is 28.2. The van der Waals surface area contributed by atoms with Gasteiger partial charge in [-0.05, 0) is 27.2 Å². The van der Waals surface area contributed by atoms with Gasteiger partial charge >= 0.3 is 13.6 Å². The molecule has 0 aromatic heterocycles. The van der Waals surface area contributed by atoms with Crippen molar-refractivity contribution in [3.8, 4) is 0 Å². The Balaban J connectivity index is 2.10. The lowest BCUT2D eigenvalue weighted by Crippen LogP contribution is -2.48. The van der Waals surface area contributed by atoms with E-state index in [0.717, 1.165) is 4.90 Å². The average molecular weight is 362 g/mol. The summed E-state index contributed by atoms with van der Waals surface area (Å²) in [6, 6.07) is -0.362. The van der Waals surface area contributed by atoms with Crippen molar-refractivity contribution in [1.82, 2.24) is 9.80 Å². The van der Waals surface area contributed by atoms with Crippen molar-refractivity contribution in [1.29, 1.82) is 0 Å². The van der Waals surface area contributed by atoms with Crippen LogP contribution in [-0.4, -0.2) is 72.5 Å². The quantitative estimate of drug-likeness (QED) is 0.336. The first-order valence-corrected chi connectivity index (χ1v) is 10.2. The third-order valence-electron chi connectivity index (χ3n) is 4.49. The number of rotatable bonds is 10. The van der Waals surface area contributed by atoms with Crippen LogP contribution in [0.3, 0.4) is 0 Å². The van der Waals surface area contributed by atoms with E-state index in [9.17, 15) is 14.2 Å². The van der Waals surface area contributed by atoms with E-state index in [1.165, 1.54) is 0 Å². The van der Waals surface area contributed by atoms with Crippen molar-refractivity contribution in [2.75, 3.05) is 39.1 Å². The van der Waals surface area contributed by atoms with Gasteiger partial charge in [0.1, 0.15) is 5.54 Å². The molecular weight excluding hydrogens is 335 g/mol. The van der Waals surface area contributed by atoms with Crippen LogP contribution < -0.4 is 0 Å². The highest BCUT2D eigenvalue weighted by Crippen LogP contribution is 2.48. The van der Waals surface area contributed by atoms with Crippen LogP contribution in [0.15, 0.2) is 0 Å². The molecular formula is C15H27N2O6P. The number of ether oxygens (including phenoxy) is 1. The lowest BCUT2D eigenvalue weighted by Gasteiger charge is -2.30. The SMILES string of the molecule is CCOP(=O)(CCN1C(=O)N(CC2CO2)C(C)(CC)C1=O)OCC. The number of urea groups is 1. The topological polar surface area (TPSA) is 88.7 Å².